The molecule has 0 atom stereocenters. The van der Waals surface area contributed by atoms with Gasteiger partial charge in [0.2, 0.25) is 5.91 Å². The molecule has 2 N–H and O–H groups in total. The van der Waals surface area contributed by atoms with Crippen molar-refractivity contribution < 1.29 is 14.7 Å². The molecule has 21 heavy (non-hydrogen) atoms. The molecule has 1 aliphatic rings. The summed E-state index contributed by atoms with van der Waals surface area (Å²) in [6.07, 6.45) is 3.89. The van der Waals surface area contributed by atoms with E-state index >= 15 is 0 Å². The van der Waals surface area contributed by atoms with Gasteiger partial charge in [0.1, 0.15) is 0 Å². The quantitative estimate of drug-likeness (QED) is 0.725. The number of carbonyl (C=O) groups is 2. The number of carboxylic acid groups (broad SMARTS) is 1. The van der Waals surface area contributed by atoms with Gasteiger partial charge in [-0.1, -0.05) is 29.8 Å². The predicted molar refractivity (Wildman–Crippen MR) is 81.3 cm³/mol. The highest BCUT2D eigenvalue weighted by atomic mass is 35.5. The van der Waals surface area contributed by atoms with Crippen LogP contribution >= 0.6 is 11.6 Å². The summed E-state index contributed by atoms with van der Waals surface area (Å²) in [5.41, 5.74) is 0.704. The predicted octanol–water partition coefficient (Wildman–Crippen LogP) is 3.03. The van der Waals surface area contributed by atoms with Crippen LogP contribution in [0.25, 0.3) is 0 Å². The molecule has 0 aromatic heterocycles. The molecule has 0 bridgehead atoms. The highest BCUT2D eigenvalue weighted by Crippen LogP contribution is 2.49. The van der Waals surface area contributed by atoms with E-state index in [4.69, 9.17) is 16.7 Å². The molecule has 0 saturated heterocycles. The molecular formula is C16H20ClNO3. The first-order valence-electron chi connectivity index (χ1n) is 7.27. The number of halogens is 1. The molecule has 0 aliphatic heterocycles. The fourth-order valence-corrected chi connectivity index (χ4v) is 2.63. The zero-order valence-corrected chi connectivity index (χ0v) is 12.7. The first kappa shape index (κ1) is 15.8. The van der Waals surface area contributed by atoms with E-state index in [9.17, 15) is 9.59 Å². The lowest BCUT2D eigenvalue weighted by atomic mass is 9.95. The first-order chi connectivity index (χ1) is 10.0. The molecule has 0 spiro atoms. The molecule has 2 rings (SSSR count). The zero-order chi connectivity index (χ0) is 15.3. The lowest BCUT2D eigenvalue weighted by molar-refractivity contribution is -0.137. The molecule has 114 valence electrons. The Labute approximate surface area is 129 Å². The van der Waals surface area contributed by atoms with Crippen molar-refractivity contribution in [3.8, 4) is 0 Å². The standard InChI is InChI=1S/C16H20ClNO3/c17-13-6-2-1-5-12(13)11-16(8-9-16)15(21)18-10-4-3-7-14(19)20/h1-2,5-6H,3-4,7-11H2,(H,18,21)(H,19,20). The van der Waals surface area contributed by atoms with Gasteiger partial charge in [-0.15, -0.1) is 0 Å². The highest BCUT2D eigenvalue weighted by molar-refractivity contribution is 6.31. The Kier molecular flexibility index (Phi) is 5.23. The minimum Gasteiger partial charge on any atom is -0.481 e. The summed E-state index contributed by atoms with van der Waals surface area (Å²) < 4.78 is 0. The summed E-state index contributed by atoms with van der Waals surface area (Å²) in [5, 5.41) is 12.2. The fourth-order valence-electron chi connectivity index (χ4n) is 2.43. The van der Waals surface area contributed by atoms with Crippen LogP contribution < -0.4 is 5.32 Å². The first-order valence-corrected chi connectivity index (χ1v) is 7.65. The number of hydrogen-bond donors (Lipinski definition) is 2. The summed E-state index contributed by atoms with van der Waals surface area (Å²) in [7, 11) is 0. The number of nitrogens with one attached hydrogen (secondary N) is 1. The van der Waals surface area contributed by atoms with Gasteiger partial charge in [0.25, 0.3) is 0 Å². The maximum absolute atomic E-state index is 12.3. The van der Waals surface area contributed by atoms with Crippen LogP contribution in [0, 0.1) is 5.41 Å². The number of amides is 1. The fraction of sp³-hybridized carbons (Fsp3) is 0.500. The van der Waals surface area contributed by atoms with Crippen molar-refractivity contribution in [3.63, 3.8) is 0 Å². The lowest BCUT2D eigenvalue weighted by Gasteiger charge is -2.16. The zero-order valence-electron chi connectivity index (χ0n) is 11.9. The van der Waals surface area contributed by atoms with Gasteiger partial charge in [-0.25, -0.2) is 0 Å². The van der Waals surface area contributed by atoms with Crippen LogP contribution in [0.1, 0.15) is 37.7 Å². The van der Waals surface area contributed by atoms with Gasteiger partial charge >= 0.3 is 5.97 Å². The van der Waals surface area contributed by atoms with Crippen LogP contribution in [0.2, 0.25) is 5.02 Å². The van der Waals surface area contributed by atoms with E-state index in [0.29, 0.717) is 30.8 Å². The van der Waals surface area contributed by atoms with E-state index in [1.54, 1.807) is 0 Å². The molecule has 0 radical (unpaired) electrons. The van der Waals surface area contributed by atoms with E-state index < -0.39 is 5.97 Å². The van der Waals surface area contributed by atoms with Gasteiger partial charge in [-0.3, -0.25) is 9.59 Å². The molecule has 4 nitrogen and oxygen atoms in total. The monoisotopic (exact) mass is 309 g/mol. The van der Waals surface area contributed by atoms with E-state index in [2.05, 4.69) is 5.32 Å². The second-order valence-corrected chi connectivity index (χ2v) is 6.06. The van der Waals surface area contributed by atoms with Gasteiger partial charge in [0.15, 0.2) is 0 Å². The minimum atomic E-state index is -0.793. The Morgan fingerprint density at radius 2 is 1.95 bits per heavy atom. The van der Waals surface area contributed by atoms with Gasteiger partial charge < -0.3 is 10.4 Å². The van der Waals surface area contributed by atoms with Crippen molar-refractivity contribution in [1.29, 1.82) is 0 Å². The van der Waals surface area contributed by atoms with Crippen molar-refractivity contribution in [2.75, 3.05) is 6.54 Å². The molecule has 1 aromatic carbocycles. The number of carboxylic acids is 1. The number of unbranched alkanes of at least 4 members (excludes halogenated alkanes) is 1. The molecule has 0 heterocycles. The largest absolute Gasteiger partial charge is 0.481 e. The summed E-state index contributed by atoms with van der Waals surface area (Å²) in [6.45, 7) is 0.538. The Morgan fingerprint density at radius 1 is 1.24 bits per heavy atom. The smallest absolute Gasteiger partial charge is 0.303 e. The lowest BCUT2D eigenvalue weighted by Crippen LogP contribution is -2.34. The van der Waals surface area contributed by atoms with Crippen LogP contribution in [0.15, 0.2) is 24.3 Å². The van der Waals surface area contributed by atoms with Crippen LogP contribution in [0.4, 0.5) is 0 Å². The van der Waals surface area contributed by atoms with Crippen molar-refractivity contribution in [2.45, 2.75) is 38.5 Å². The number of carbonyl (C=O) groups excluding carboxylic acids is 1. The molecule has 1 fully saturated rings. The second-order valence-electron chi connectivity index (χ2n) is 5.66. The van der Waals surface area contributed by atoms with E-state index in [-0.39, 0.29) is 17.7 Å². The number of hydrogen-bond acceptors (Lipinski definition) is 2. The van der Waals surface area contributed by atoms with Gasteiger partial charge in [-0.2, -0.15) is 0 Å². The van der Waals surface area contributed by atoms with Gasteiger partial charge in [-0.05, 0) is 43.7 Å². The van der Waals surface area contributed by atoms with Gasteiger partial charge in [0.05, 0.1) is 5.41 Å². The summed E-state index contributed by atoms with van der Waals surface area (Å²) in [6, 6.07) is 7.62. The second kappa shape index (κ2) is 6.94. The maximum Gasteiger partial charge on any atom is 0.303 e. The number of aliphatic carboxylic acids is 1. The average Bonchev–Trinajstić information content (AvgIpc) is 3.21. The molecule has 1 amide bonds. The molecular weight excluding hydrogens is 290 g/mol. The molecule has 1 aromatic rings. The third kappa shape index (κ3) is 4.46. The van der Waals surface area contributed by atoms with Crippen LogP contribution in [0.5, 0.6) is 0 Å². The Hall–Kier alpha value is -1.55. The Morgan fingerprint density at radius 3 is 2.57 bits per heavy atom. The normalized spacial score (nSPS) is 15.5. The van der Waals surface area contributed by atoms with Crippen molar-refractivity contribution in [2.24, 2.45) is 5.41 Å². The molecule has 0 unspecified atom stereocenters. The topological polar surface area (TPSA) is 66.4 Å². The Balaban J connectivity index is 1.79. The van der Waals surface area contributed by atoms with Crippen LogP contribution in [-0.2, 0) is 16.0 Å². The van der Waals surface area contributed by atoms with E-state index in [1.807, 2.05) is 24.3 Å². The SMILES string of the molecule is O=C(O)CCCCNC(=O)C1(Cc2ccccc2Cl)CC1. The Bertz CT molecular complexity index is 526. The summed E-state index contributed by atoms with van der Waals surface area (Å²) in [4.78, 5) is 22.7. The minimum absolute atomic E-state index is 0.0674. The maximum atomic E-state index is 12.3. The van der Waals surface area contributed by atoms with Gasteiger partial charge in [0, 0.05) is 18.0 Å². The van der Waals surface area contributed by atoms with E-state index in [1.165, 1.54) is 0 Å². The van der Waals surface area contributed by atoms with Crippen molar-refractivity contribution in [3.05, 3.63) is 34.9 Å². The van der Waals surface area contributed by atoms with Crippen LogP contribution in [-0.4, -0.2) is 23.5 Å². The summed E-state index contributed by atoms with van der Waals surface area (Å²) in [5.74, 6) is -0.726. The third-order valence-electron chi connectivity index (χ3n) is 3.92. The molecule has 5 heteroatoms. The van der Waals surface area contributed by atoms with Crippen molar-refractivity contribution >= 4 is 23.5 Å². The highest BCUT2D eigenvalue weighted by Gasteiger charge is 2.49. The number of rotatable bonds is 8. The van der Waals surface area contributed by atoms with Crippen LogP contribution in [0.3, 0.4) is 0 Å². The number of benzene rings is 1. The summed E-state index contributed by atoms with van der Waals surface area (Å²) >= 11 is 6.15. The van der Waals surface area contributed by atoms with E-state index in [0.717, 1.165) is 18.4 Å². The van der Waals surface area contributed by atoms with Crippen molar-refractivity contribution in [1.82, 2.24) is 5.32 Å². The molecule has 1 aliphatic carbocycles. The molecule has 1 saturated carbocycles. The average molecular weight is 310 g/mol. The third-order valence-corrected chi connectivity index (χ3v) is 4.29.